The topological polar surface area (TPSA) is 64.3 Å². The number of aliphatic carboxylic acids is 1. The highest BCUT2D eigenvalue weighted by Crippen LogP contribution is 2.28. The molecule has 2 rings (SSSR count). The van der Waals surface area contributed by atoms with Gasteiger partial charge >= 0.3 is 5.97 Å². The lowest BCUT2D eigenvalue weighted by molar-refractivity contribution is -0.131. The molecule has 0 atom stereocenters. The Morgan fingerprint density at radius 2 is 2.10 bits per heavy atom. The molecule has 110 valence electrons. The van der Waals surface area contributed by atoms with Crippen LogP contribution in [0.25, 0.3) is 6.08 Å². The van der Waals surface area contributed by atoms with Crippen molar-refractivity contribution in [3.63, 3.8) is 0 Å². The molecule has 1 aromatic carbocycles. The first-order valence-corrected chi connectivity index (χ1v) is 6.10. The summed E-state index contributed by atoms with van der Waals surface area (Å²) in [6.07, 6.45) is 4.74. The number of ether oxygens (including phenoxy) is 1. The summed E-state index contributed by atoms with van der Waals surface area (Å²) in [7, 11) is 0. The standard InChI is InChI=1S/C14H12F2N2O3/c1-2-18-8-10(7-17-18)21-14-11(15)5-9(6-12(14)16)3-4-13(19)20/h3-8H,2H2,1H3,(H,19,20)/b4-3+. The molecule has 1 heterocycles. The van der Waals surface area contributed by atoms with E-state index in [2.05, 4.69) is 5.10 Å². The number of rotatable bonds is 5. The van der Waals surface area contributed by atoms with Gasteiger partial charge in [-0.25, -0.2) is 13.6 Å². The maximum absolute atomic E-state index is 13.8. The van der Waals surface area contributed by atoms with Gasteiger partial charge < -0.3 is 9.84 Å². The second kappa shape index (κ2) is 6.17. The monoisotopic (exact) mass is 294 g/mol. The van der Waals surface area contributed by atoms with Crippen molar-refractivity contribution in [1.29, 1.82) is 0 Å². The fraction of sp³-hybridized carbons (Fsp3) is 0.143. The molecule has 0 aliphatic rings. The normalized spacial score (nSPS) is 11.0. The molecular weight excluding hydrogens is 282 g/mol. The summed E-state index contributed by atoms with van der Waals surface area (Å²) in [5.41, 5.74) is 0.0870. The average molecular weight is 294 g/mol. The molecule has 0 aliphatic heterocycles. The first-order chi connectivity index (χ1) is 9.99. The average Bonchev–Trinajstić information content (AvgIpc) is 2.88. The number of carboxylic acids is 1. The van der Waals surface area contributed by atoms with E-state index in [1.54, 1.807) is 4.68 Å². The van der Waals surface area contributed by atoms with Crippen LogP contribution in [0.2, 0.25) is 0 Å². The Bertz CT molecular complexity index is 672. The minimum Gasteiger partial charge on any atom is -0.478 e. The first kappa shape index (κ1) is 14.7. The Morgan fingerprint density at radius 1 is 1.43 bits per heavy atom. The number of nitrogens with zero attached hydrogens (tertiary/aromatic N) is 2. The van der Waals surface area contributed by atoms with Crippen molar-refractivity contribution in [2.45, 2.75) is 13.5 Å². The molecule has 7 heteroatoms. The van der Waals surface area contributed by atoms with Crippen LogP contribution in [0.1, 0.15) is 12.5 Å². The zero-order valence-corrected chi connectivity index (χ0v) is 11.1. The third kappa shape index (κ3) is 3.65. The van der Waals surface area contributed by atoms with Gasteiger partial charge in [-0.05, 0) is 30.7 Å². The van der Waals surface area contributed by atoms with Crippen LogP contribution in [-0.4, -0.2) is 20.9 Å². The summed E-state index contributed by atoms with van der Waals surface area (Å²) >= 11 is 0. The molecule has 2 aromatic rings. The third-order valence-electron chi connectivity index (χ3n) is 2.59. The van der Waals surface area contributed by atoms with Gasteiger partial charge in [-0.1, -0.05) is 0 Å². The number of hydrogen-bond acceptors (Lipinski definition) is 3. The van der Waals surface area contributed by atoms with Crippen LogP contribution < -0.4 is 4.74 Å². The zero-order valence-electron chi connectivity index (χ0n) is 11.1. The van der Waals surface area contributed by atoms with Crippen molar-refractivity contribution in [3.05, 3.63) is 47.8 Å². The highest BCUT2D eigenvalue weighted by molar-refractivity contribution is 5.85. The number of aryl methyl sites for hydroxylation is 1. The second-order valence-electron chi connectivity index (χ2n) is 4.12. The number of benzene rings is 1. The van der Waals surface area contributed by atoms with Crippen LogP contribution in [-0.2, 0) is 11.3 Å². The van der Waals surface area contributed by atoms with E-state index in [0.29, 0.717) is 6.54 Å². The van der Waals surface area contributed by atoms with Gasteiger partial charge in [0, 0.05) is 12.6 Å². The molecule has 0 unspecified atom stereocenters. The Kier molecular flexibility index (Phi) is 4.32. The van der Waals surface area contributed by atoms with Crippen molar-refractivity contribution in [1.82, 2.24) is 9.78 Å². The predicted molar refractivity (Wildman–Crippen MR) is 71.0 cm³/mol. The predicted octanol–water partition coefficient (Wildman–Crippen LogP) is 3.07. The molecule has 0 saturated heterocycles. The van der Waals surface area contributed by atoms with Gasteiger partial charge in [0.25, 0.3) is 0 Å². The number of halogens is 2. The van der Waals surface area contributed by atoms with Crippen molar-refractivity contribution in [3.8, 4) is 11.5 Å². The maximum Gasteiger partial charge on any atom is 0.328 e. The Hall–Kier alpha value is -2.70. The Labute approximate surface area is 119 Å². The van der Waals surface area contributed by atoms with E-state index in [1.165, 1.54) is 12.4 Å². The molecule has 0 bridgehead atoms. The van der Waals surface area contributed by atoms with Crippen LogP contribution in [0.4, 0.5) is 8.78 Å². The van der Waals surface area contributed by atoms with Crippen LogP contribution in [0.15, 0.2) is 30.6 Å². The molecule has 0 saturated carbocycles. The SMILES string of the molecule is CCn1cc(Oc2c(F)cc(/C=C/C(=O)O)cc2F)cn1. The summed E-state index contributed by atoms with van der Waals surface area (Å²) in [6.45, 7) is 2.47. The number of carboxylic acid groups (broad SMARTS) is 1. The second-order valence-corrected chi connectivity index (χ2v) is 4.12. The molecular formula is C14H12F2N2O3. The van der Waals surface area contributed by atoms with Crippen molar-refractivity contribution in [2.24, 2.45) is 0 Å². The van der Waals surface area contributed by atoms with Crippen LogP contribution in [0.5, 0.6) is 11.5 Å². The van der Waals surface area contributed by atoms with Gasteiger partial charge in [-0.2, -0.15) is 5.10 Å². The molecule has 0 aliphatic carbocycles. The molecule has 0 fully saturated rings. The van der Waals surface area contributed by atoms with Crippen LogP contribution in [0.3, 0.4) is 0 Å². The third-order valence-corrected chi connectivity index (χ3v) is 2.59. The lowest BCUT2D eigenvalue weighted by Crippen LogP contribution is -1.94. The highest BCUT2D eigenvalue weighted by Gasteiger charge is 2.14. The van der Waals surface area contributed by atoms with Crippen molar-refractivity contribution >= 4 is 12.0 Å². The molecule has 5 nitrogen and oxygen atoms in total. The van der Waals surface area contributed by atoms with E-state index in [1.807, 2.05) is 6.92 Å². The number of aromatic nitrogens is 2. The van der Waals surface area contributed by atoms with E-state index < -0.39 is 23.4 Å². The van der Waals surface area contributed by atoms with E-state index in [9.17, 15) is 13.6 Å². The smallest absolute Gasteiger partial charge is 0.328 e. The van der Waals surface area contributed by atoms with E-state index in [4.69, 9.17) is 9.84 Å². The minimum atomic E-state index is -1.21. The van der Waals surface area contributed by atoms with Gasteiger partial charge in [0.1, 0.15) is 0 Å². The molecule has 1 aromatic heterocycles. The number of hydrogen-bond donors (Lipinski definition) is 1. The molecule has 0 radical (unpaired) electrons. The quantitative estimate of drug-likeness (QED) is 0.861. The first-order valence-electron chi connectivity index (χ1n) is 6.10. The van der Waals surface area contributed by atoms with Crippen LogP contribution >= 0.6 is 0 Å². The maximum atomic E-state index is 13.8. The fourth-order valence-corrected chi connectivity index (χ4v) is 1.63. The minimum absolute atomic E-state index is 0.0870. The summed E-state index contributed by atoms with van der Waals surface area (Å²) in [5.74, 6) is -3.40. The van der Waals surface area contributed by atoms with Crippen molar-refractivity contribution < 1.29 is 23.4 Å². The molecule has 0 spiro atoms. The molecule has 0 amide bonds. The van der Waals surface area contributed by atoms with E-state index in [0.717, 1.165) is 24.3 Å². The van der Waals surface area contributed by atoms with Gasteiger partial charge in [0.2, 0.25) is 0 Å². The molecule has 1 N–H and O–H groups in total. The van der Waals surface area contributed by atoms with E-state index >= 15 is 0 Å². The summed E-state index contributed by atoms with van der Waals surface area (Å²) in [4.78, 5) is 10.4. The van der Waals surface area contributed by atoms with Gasteiger partial charge in [0.05, 0.1) is 12.4 Å². The van der Waals surface area contributed by atoms with Gasteiger partial charge in [-0.15, -0.1) is 0 Å². The molecule has 21 heavy (non-hydrogen) atoms. The number of carbonyl (C=O) groups is 1. The van der Waals surface area contributed by atoms with E-state index in [-0.39, 0.29) is 11.3 Å². The largest absolute Gasteiger partial charge is 0.478 e. The van der Waals surface area contributed by atoms with Gasteiger partial charge in [-0.3, -0.25) is 4.68 Å². The highest BCUT2D eigenvalue weighted by atomic mass is 19.1. The Morgan fingerprint density at radius 3 is 2.62 bits per heavy atom. The van der Waals surface area contributed by atoms with Crippen LogP contribution in [0, 0.1) is 11.6 Å². The summed E-state index contributed by atoms with van der Waals surface area (Å²) < 4.78 is 34.4. The lowest BCUT2D eigenvalue weighted by atomic mass is 10.2. The zero-order chi connectivity index (χ0) is 15.4. The summed E-state index contributed by atoms with van der Waals surface area (Å²) in [5, 5.41) is 12.4. The lowest BCUT2D eigenvalue weighted by Gasteiger charge is -2.06. The van der Waals surface area contributed by atoms with Gasteiger partial charge in [0.15, 0.2) is 23.1 Å². The Balaban J connectivity index is 2.26. The fourth-order valence-electron chi connectivity index (χ4n) is 1.63. The van der Waals surface area contributed by atoms with Crippen molar-refractivity contribution in [2.75, 3.05) is 0 Å². The summed E-state index contributed by atoms with van der Waals surface area (Å²) in [6, 6.07) is 1.98.